The molecule has 1 aromatic carbocycles. The van der Waals surface area contributed by atoms with E-state index in [1.54, 1.807) is 0 Å². The van der Waals surface area contributed by atoms with Crippen molar-refractivity contribution in [2.45, 2.75) is 59.4 Å². The van der Waals surface area contributed by atoms with Crippen molar-refractivity contribution in [3.8, 4) is 0 Å². The van der Waals surface area contributed by atoms with E-state index in [2.05, 4.69) is 62.5 Å². The van der Waals surface area contributed by atoms with Gasteiger partial charge in [0.2, 0.25) is 0 Å². The molecule has 0 spiro atoms. The Morgan fingerprint density at radius 1 is 1.21 bits per heavy atom. The molecule has 0 aliphatic carbocycles. The van der Waals surface area contributed by atoms with Crippen molar-refractivity contribution in [1.29, 1.82) is 0 Å². The largest absolute Gasteiger partial charge is 0.315 e. The van der Waals surface area contributed by atoms with Gasteiger partial charge in [0, 0.05) is 5.54 Å². The van der Waals surface area contributed by atoms with Gasteiger partial charge in [-0.05, 0) is 52.6 Å². The first kappa shape index (κ1) is 17.9. The fraction of sp³-hybridized carbons (Fsp3) is 0.556. The fourth-order valence-corrected chi connectivity index (χ4v) is 1.78. The molecule has 0 bridgehead atoms. The third kappa shape index (κ3) is 8.61. The van der Waals surface area contributed by atoms with E-state index in [0.29, 0.717) is 0 Å². The first-order chi connectivity index (χ1) is 9.03. The average Bonchev–Trinajstić information content (AvgIpc) is 2.41. The van der Waals surface area contributed by atoms with E-state index in [1.165, 1.54) is 24.0 Å². The lowest BCUT2D eigenvalue weighted by atomic mass is 9.97. The molecule has 0 radical (unpaired) electrons. The van der Waals surface area contributed by atoms with Crippen molar-refractivity contribution in [3.63, 3.8) is 0 Å². The highest BCUT2D eigenvalue weighted by Gasteiger charge is 2.12. The van der Waals surface area contributed by atoms with E-state index in [0.717, 1.165) is 6.42 Å². The van der Waals surface area contributed by atoms with Gasteiger partial charge in [0.25, 0.3) is 0 Å². The molecule has 108 valence electrons. The SMILES string of the molecule is CC.CNC(C)(C)CCC/C=C/c1cccc(C)c1. The molecular formula is C18H31N. The van der Waals surface area contributed by atoms with E-state index in [4.69, 9.17) is 0 Å². The Labute approximate surface area is 120 Å². The van der Waals surface area contributed by atoms with Crippen LogP contribution in [0, 0.1) is 6.92 Å². The standard InChI is InChI=1S/C16H25N.C2H6/c1-14-9-8-11-15(13-14)10-6-5-7-12-16(2,3)17-4;1-2/h6,8-11,13,17H,5,7,12H2,1-4H3;1-2H3/b10-6+;. The van der Waals surface area contributed by atoms with Crippen LogP contribution in [0.4, 0.5) is 0 Å². The lowest BCUT2D eigenvalue weighted by molar-refractivity contribution is 0.383. The van der Waals surface area contributed by atoms with Crippen LogP contribution in [-0.4, -0.2) is 12.6 Å². The van der Waals surface area contributed by atoms with Crippen molar-refractivity contribution < 1.29 is 0 Å². The van der Waals surface area contributed by atoms with E-state index >= 15 is 0 Å². The average molecular weight is 261 g/mol. The highest BCUT2D eigenvalue weighted by Crippen LogP contribution is 2.13. The maximum atomic E-state index is 3.33. The fourth-order valence-electron chi connectivity index (χ4n) is 1.78. The molecule has 1 heteroatoms. The van der Waals surface area contributed by atoms with Gasteiger partial charge in [-0.2, -0.15) is 0 Å². The van der Waals surface area contributed by atoms with Gasteiger partial charge < -0.3 is 5.32 Å². The van der Waals surface area contributed by atoms with Crippen molar-refractivity contribution in [3.05, 3.63) is 41.5 Å². The van der Waals surface area contributed by atoms with E-state index in [9.17, 15) is 0 Å². The number of allylic oxidation sites excluding steroid dienone is 1. The summed E-state index contributed by atoms with van der Waals surface area (Å²) in [5, 5.41) is 3.33. The molecule has 1 aromatic rings. The van der Waals surface area contributed by atoms with E-state index < -0.39 is 0 Å². The van der Waals surface area contributed by atoms with Crippen molar-refractivity contribution >= 4 is 6.08 Å². The highest BCUT2D eigenvalue weighted by atomic mass is 14.9. The van der Waals surface area contributed by atoms with Crippen molar-refractivity contribution in [2.75, 3.05) is 7.05 Å². The summed E-state index contributed by atoms with van der Waals surface area (Å²) >= 11 is 0. The quantitative estimate of drug-likeness (QED) is 0.694. The van der Waals surface area contributed by atoms with Crippen molar-refractivity contribution in [1.82, 2.24) is 5.32 Å². The summed E-state index contributed by atoms with van der Waals surface area (Å²) in [6, 6.07) is 8.61. The Balaban J connectivity index is 0.00000154. The van der Waals surface area contributed by atoms with E-state index in [-0.39, 0.29) is 5.54 Å². The normalized spacial score (nSPS) is 11.3. The van der Waals surface area contributed by atoms with Crippen LogP contribution in [0.3, 0.4) is 0 Å². The Morgan fingerprint density at radius 3 is 2.47 bits per heavy atom. The number of hydrogen-bond acceptors (Lipinski definition) is 1. The summed E-state index contributed by atoms with van der Waals surface area (Å²) in [4.78, 5) is 0. The van der Waals surface area contributed by atoms with Gasteiger partial charge in [0.15, 0.2) is 0 Å². The molecule has 0 saturated heterocycles. The van der Waals surface area contributed by atoms with Crippen LogP contribution in [-0.2, 0) is 0 Å². The Kier molecular flexibility index (Phi) is 9.24. The Hall–Kier alpha value is -1.08. The maximum absolute atomic E-state index is 3.33. The number of benzene rings is 1. The summed E-state index contributed by atoms with van der Waals surface area (Å²) in [6.45, 7) is 10.6. The molecule has 1 N–H and O–H groups in total. The van der Waals surface area contributed by atoms with Crippen LogP contribution >= 0.6 is 0 Å². The number of hydrogen-bond donors (Lipinski definition) is 1. The minimum atomic E-state index is 0.261. The molecule has 0 atom stereocenters. The molecule has 19 heavy (non-hydrogen) atoms. The molecule has 0 aromatic heterocycles. The Morgan fingerprint density at radius 2 is 1.89 bits per heavy atom. The number of unbranched alkanes of at least 4 members (excludes halogenated alkanes) is 1. The topological polar surface area (TPSA) is 12.0 Å². The smallest absolute Gasteiger partial charge is 0.0122 e. The van der Waals surface area contributed by atoms with Gasteiger partial charge in [0.05, 0.1) is 0 Å². The lowest BCUT2D eigenvalue weighted by Gasteiger charge is -2.23. The molecule has 1 rings (SSSR count). The van der Waals surface area contributed by atoms with Crippen LogP contribution in [0.2, 0.25) is 0 Å². The maximum Gasteiger partial charge on any atom is 0.0122 e. The third-order valence-electron chi connectivity index (χ3n) is 3.20. The molecular weight excluding hydrogens is 230 g/mol. The summed E-state index contributed by atoms with van der Waals surface area (Å²) in [6.07, 6.45) is 8.09. The summed E-state index contributed by atoms with van der Waals surface area (Å²) < 4.78 is 0. The lowest BCUT2D eigenvalue weighted by Crippen LogP contribution is -2.35. The molecule has 0 aliphatic heterocycles. The monoisotopic (exact) mass is 261 g/mol. The van der Waals surface area contributed by atoms with Gasteiger partial charge in [-0.1, -0.05) is 55.8 Å². The second kappa shape index (κ2) is 9.80. The predicted octanol–water partition coefficient (Wildman–Crippen LogP) is 5.20. The van der Waals surface area contributed by atoms with Crippen LogP contribution in [0.15, 0.2) is 30.3 Å². The predicted molar refractivity (Wildman–Crippen MR) is 88.6 cm³/mol. The summed E-state index contributed by atoms with van der Waals surface area (Å²) in [7, 11) is 2.03. The van der Waals surface area contributed by atoms with Crippen molar-refractivity contribution in [2.24, 2.45) is 0 Å². The molecule has 0 amide bonds. The van der Waals surface area contributed by atoms with Gasteiger partial charge in [0.1, 0.15) is 0 Å². The van der Waals surface area contributed by atoms with Crippen LogP contribution < -0.4 is 5.32 Å². The molecule has 0 unspecified atom stereocenters. The van der Waals surface area contributed by atoms with E-state index in [1.807, 2.05) is 20.9 Å². The second-order valence-corrected chi connectivity index (χ2v) is 5.34. The molecule has 0 aliphatic rings. The van der Waals surface area contributed by atoms with Gasteiger partial charge >= 0.3 is 0 Å². The zero-order chi connectivity index (χ0) is 14.7. The molecule has 0 heterocycles. The molecule has 0 saturated carbocycles. The molecule has 0 fully saturated rings. The first-order valence-corrected chi connectivity index (χ1v) is 7.46. The van der Waals surface area contributed by atoms with Crippen LogP contribution in [0.25, 0.3) is 6.08 Å². The third-order valence-corrected chi connectivity index (χ3v) is 3.20. The number of aryl methyl sites for hydroxylation is 1. The van der Waals surface area contributed by atoms with Gasteiger partial charge in [-0.15, -0.1) is 0 Å². The first-order valence-electron chi connectivity index (χ1n) is 7.46. The summed E-state index contributed by atoms with van der Waals surface area (Å²) in [5.41, 5.74) is 2.89. The highest BCUT2D eigenvalue weighted by molar-refractivity contribution is 5.49. The minimum absolute atomic E-state index is 0.261. The Bertz CT molecular complexity index is 364. The number of rotatable bonds is 6. The van der Waals surface area contributed by atoms with Crippen LogP contribution in [0.1, 0.15) is 58.1 Å². The minimum Gasteiger partial charge on any atom is -0.315 e. The zero-order valence-electron chi connectivity index (χ0n) is 13.6. The number of nitrogens with one attached hydrogen (secondary N) is 1. The second-order valence-electron chi connectivity index (χ2n) is 5.34. The van der Waals surface area contributed by atoms with Gasteiger partial charge in [-0.25, -0.2) is 0 Å². The van der Waals surface area contributed by atoms with Crippen LogP contribution in [0.5, 0.6) is 0 Å². The summed E-state index contributed by atoms with van der Waals surface area (Å²) in [5.74, 6) is 0. The molecule has 1 nitrogen and oxygen atoms in total. The zero-order valence-corrected chi connectivity index (χ0v) is 13.6. The van der Waals surface area contributed by atoms with Gasteiger partial charge in [-0.3, -0.25) is 0 Å².